The zero-order chi connectivity index (χ0) is 16.8. The van der Waals surface area contributed by atoms with Gasteiger partial charge in [0.25, 0.3) is 0 Å². The van der Waals surface area contributed by atoms with Crippen molar-refractivity contribution < 1.29 is 19.1 Å². The summed E-state index contributed by atoms with van der Waals surface area (Å²) in [6.45, 7) is 0. The summed E-state index contributed by atoms with van der Waals surface area (Å²) < 4.78 is 4.72. The van der Waals surface area contributed by atoms with E-state index in [1.165, 1.54) is 7.11 Å². The van der Waals surface area contributed by atoms with Gasteiger partial charge in [-0.05, 0) is 24.1 Å². The number of benzene rings is 1. The molecular weight excluding hydrogens is 298 g/mol. The zero-order valence-corrected chi connectivity index (χ0v) is 12.7. The van der Waals surface area contributed by atoms with Crippen molar-refractivity contribution in [3.05, 3.63) is 35.4 Å². The number of nitriles is 1. The highest BCUT2D eigenvalue weighted by Crippen LogP contribution is 2.10. The van der Waals surface area contributed by atoms with E-state index in [-0.39, 0.29) is 12.3 Å². The average molecular weight is 315 g/mol. The normalized spacial score (nSPS) is 17.7. The molecule has 0 aromatic heterocycles. The van der Waals surface area contributed by atoms with E-state index in [1.54, 1.807) is 24.3 Å². The smallest absolute Gasteiger partial charge is 0.328 e. The molecule has 1 heterocycles. The molecule has 1 fully saturated rings. The van der Waals surface area contributed by atoms with Crippen LogP contribution in [-0.4, -0.2) is 37.0 Å². The van der Waals surface area contributed by atoms with Crippen molar-refractivity contribution in [2.45, 2.75) is 31.3 Å². The zero-order valence-electron chi connectivity index (χ0n) is 12.7. The van der Waals surface area contributed by atoms with E-state index in [0.717, 1.165) is 5.56 Å². The Labute approximate surface area is 133 Å². The average Bonchev–Trinajstić information content (AvgIpc) is 3.00. The number of nitrogens with zero attached hydrogens (tertiary/aromatic N) is 1. The van der Waals surface area contributed by atoms with Crippen LogP contribution in [0.5, 0.6) is 0 Å². The van der Waals surface area contributed by atoms with Crippen molar-refractivity contribution >= 4 is 17.8 Å². The lowest BCUT2D eigenvalue weighted by Crippen LogP contribution is -2.50. The minimum absolute atomic E-state index is 0.179. The molecule has 0 unspecified atom stereocenters. The first kappa shape index (κ1) is 16.5. The number of hydrogen-bond donors (Lipinski definition) is 2. The standard InChI is InChI=1S/C16H17N3O4/c1-23-16(22)13(8-10-3-2-4-11(7-10)9-17)19-15(21)12-5-6-14(20)18-12/h2-4,7,12-13H,5-6,8H2,1H3,(H,18,20)(H,19,21)/t12-,13-/m1/s1. The van der Waals surface area contributed by atoms with Crippen molar-refractivity contribution in [2.75, 3.05) is 7.11 Å². The van der Waals surface area contributed by atoms with Crippen LogP contribution in [0, 0.1) is 11.3 Å². The highest BCUT2D eigenvalue weighted by Gasteiger charge is 2.30. The molecule has 2 N–H and O–H groups in total. The molecule has 1 saturated heterocycles. The summed E-state index contributed by atoms with van der Waals surface area (Å²) in [6, 6.07) is 7.30. The fraction of sp³-hybridized carbons (Fsp3) is 0.375. The topological polar surface area (TPSA) is 108 Å². The van der Waals surface area contributed by atoms with Gasteiger partial charge in [-0.25, -0.2) is 4.79 Å². The summed E-state index contributed by atoms with van der Waals surface area (Å²) >= 11 is 0. The molecule has 0 aliphatic carbocycles. The van der Waals surface area contributed by atoms with Crippen molar-refractivity contribution in [3.8, 4) is 6.07 Å². The van der Waals surface area contributed by atoms with Gasteiger partial charge in [-0.1, -0.05) is 12.1 Å². The van der Waals surface area contributed by atoms with Crippen LogP contribution in [0.3, 0.4) is 0 Å². The van der Waals surface area contributed by atoms with Crippen LogP contribution in [0.25, 0.3) is 0 Å². The van der Waals surface area contributed by atoms with Crippen molar-refractivity contribution in [1.82, 2.24) is 10.6 Å². The third-order valence-electron chi connectivity index (χ3n) is 3.61. The number of nitrogens with one attached hydrogen (secondary N) is 2. The van der Waals surface area contributed by atoms with E-state index in [4.69, 9.17) is 10.00 Å². The van der Waals surface area contributed by atoms with Crippen molar-refractivity contribution in [3.63, 3.8) is 0 Å². The quantitative estimate of drug-likeness (QED) is 0.746. The Morgan fingerprint density at radius 1 is 1.52 bits per heavy atom. The van der Waals surface area contributed by atoms with Gasteiger partial charge in [-0.15, -0.1) is 0 Å². The molecule has 2 amide bonds. The van der Waals surface area contributed by atoms with Gasteiger partial charge in [0.1, 0.15) is 12.1 Å². The predicted octanol–water partition coefficient (Wildman–Crippen LogP) is 0.0372. The summed E-state index contributed by atoms with van der Waals surface area (Å²) in [5.74, 6) is -1.17. The van der Waals surface area contributed by atoms with E-state index >= 15 is 0 Å². The van der Waals surface area contributed by atoms with E-state index in [9.17, 15) is 14.4 Å². The van der Waals surface area contributed by atoms with E-state index in [2.05, 4.69) is 10.6 Å². The number of rotatable bonds is 5. The first-order chi connectivity index (χ1) is 11.0. The van der Waals surface area contributed by atoms with Gasteiger partial charge in [0.2, 0.25) is 11.8 Å². The predicted molar refractivity (Wildman–Crippen MR) is 80.0 cm³/mol. The highest BCUT2D eigenvalue weighted by molar-refractivity contribution is 5.93. The van der Waals surface area contributed by atoms with E-state index in [1.807, 2.05) is 6.07 Å². The Morgan fingerprint density at radius 2 is 2.30 bits per heavy atom. The van der Waals surface area contributed by atoms with E-state index in [0.29, 0.717) is 18.4 Å². The minimum Gasteiger partial charge on any atom is -0.467 e. The number of hydrogen-bond acceptors (Lipinski definition) is 5. The fourth-order valence-corrected chi connectivity index (χ4v) is 2.42. The lowest BCUT2D eigenvalue weighted by atomic mass is 10.0. The molecule has 2 atom stereocenters. The third-order valence-corrected chi connectivity index (χ3v) is 3.61. The Morgan fingerprint density at radius 3 is 2.91 bits per heavy atom. The van der Waals surface area contributed by atoms with Crippen LogP contribution in [0.1, 0.15) is 24.0 Å². The molecule has 7 nitrogen and oxygen atoms in total. The summed E-state index contributed by atoms with van der Waals surface area (Å²) in [7, 11) is 1.24. The van der Waals surface area contributed by atoms with E-state index < -0.39 is 24.0 Å². The highest BCUT2D eigenvalue weighted by atomic mass is 16.5. The Kier molecular flexibility index (Phi) is 5.31. The molecule has 1 aliphatic heterocycles. The Balaban J connectivity index is 2.07. The number of carbonyl (C=O) groups excluding carboxylic acids is 3. The molecule has 0 radical (unpaired) electrons. The fourth-order valence-electron chi connectivity index (χ4n) is 2.42. The van der Waals surface area contributed by atoms with Gasteiger partial charge >= 0.3 is 5.97 Å². The first-order valence-electron chi connectivity index (χ1n) is 7.20. The molecule has 120 valence electrons. The van der Waals surface area contributed by atoms with Gasteiger partial charge in [0.15, 0.2) is 0 Å². The molecule has 1 aromatic carbocycles. The van der Waals surface area contributed by atoms with Gasteiger partial charge in [-0.2, -0.15) is 5.26 Å². The number of ether oxygens (including phenoxy) is 1. The number of methoxy groups -OCH3 is 1. The van der Waals surface area contributed by atoms with Gasteiger partial charge in [0.05, 0.1) is 18.7 Å². The molecule has 0 spiro atoms. The number of carbonyl (C=O) groups is 3. The van der Waals surface area contributed by atoms with Crippen LogP contribution >= 0.6 is 0 Å². The maximum atomic E-state index is 12.1. The lowest BCUT2D eigenvalue weighted by molar-refractivity contribution is -0.145. The largest absolute Gasteiger partial charge is 0.467 e. The van der Waals surface area contributed by atoms with Crippen molar-refractivity contribution in [2.24, 2.45) is 0 Å². The summed E-state index contributed by atoms with van der Waals surface area (Å²) in [4.78, 5) is 35.2. The molecular formula is C16H17N3O4. The second-order valence-electron chi connectivity index (χ2n) is 5.26. The molecule has 1 aromatic rings. The Bertz CT molecular complexity index is 666. The minimum atomic E-state index is -0.876. The third kappa shape index (κ3) is 4.30. The van der Waals surface area contributed by atoms with Gasteiger partial charge in [-0.3, -0.25) is 9.59 Å². The second kappa shape index (κ2) is 7.40. The monoisotopic (exact) mass is 315 g/mol. The van der Waals surface area contributed by atoms with Crippen LogP contribution in [0.15, 0.2) is 24.3 Å². The summed E-state index contributed by atoms with van der Waals surface area (Å²) in [5.41, 5.74) is 1.20. The first-order valence-corrected chi connectivity index (χ1v) is 7.20. The summed E-state index contributed by atoms with van der Waals surface area (Å²) in [5, 5.41) is 14.1. The molecule has 2 rings (SSSR count). The van der Waals surface area contributed by atoms with Crippen LogP contribution in [0.4, 0.5) is 0 Å². The SMILES string of the molecule is COC(=O)[C@@H](Cc1cccc(C#N)c1)NC(=O)[C@H]1CCC(=O)N1. The van der Waals surface area contributed by atoms with Crippen LogP contribution in [0.2, 0.25) is 0 Å². The lowest BCUT2D eigenvalue weighted by Gasteiger charge is -2.19. The number of esters is 1. The molecule has 0 saturated carbocycles. The van der Waals surface area contributed by atoms with Gasteiger partial charge in [0, 0.05) is 12.8 Å². The van der Waals surface area contributed by atoms with Crippen LogP contribution in [-0.2, 0) is 25.5 Å². The molecule has 0 bridgehead atoms. The van der Waals surface area contributed by atoms with Crippen molar-refractivity contribution in [1.29, 1.82) is 5.26 Å². The maximum Gasteiger partial charge on any atom is 0.328 e. The molecule has 7 heteroatoms. The van der Waals surface area contributed by atoms with Crippen LogP contribution < -0.4 is 10.6 Å². The number of amides is 2. The molecule has 1 aliphatic rings. The maximum absolute atomic E-state index is 12.1. The van der Waals surface area contributed by atoms with Gasteiger partial charge < -0.3 is 15.4 Å². The summed E-state index contributed by atoms with van der Waals surface area (Å²) in [6.07, 6.45) is 0.905. The second-order valence-corrected chi connectivity index (χ2v) is 5.26. The Hall–Kier alpha value is -2.88. The molecule has 23 heavy (non-hydrogen) atoms.